The van der Waals surface area contributed by atoms with E-state index in [-0.39, 0.29) is 6.04 Å². The number of fused-ring (bicyclic) bond motifs is 3. The van der Waals surface area contributed by atoms with Crippen molar-refractivity contribution in [2.75, 3.05) is 11.9 Å². The average Bonchev–Trinajstić information content (AvgIpc) is 3.47. The second kappa shape index (κ2) is 12.1. The number of anilines is 1. The Kier molecular flexibility index (Phi) is 8.12. The van der Waals surface area contributed by atoms with Crippen molar-refractivity contribution in [3.63, 3.8) is 0 Å². The van der Waals surface area contributed by atoms with Gasteiger partial charge in [-0.25, -0.2) is 0 Å². The van der Waals surface area contributed by atoms with E-state index in [1.807, 2.05) is 43.5 Å². The van der Waals surface area contributed by atoms with Crippen molar-refractivity contribution >= 4 is 51.8 Å². The van der Waals surface area contributed by atoms with Crippen LogP contribution in [0.15, 0.2) is 102 Å². The molecule has 0 unspecified atom stereocenters. The number of para-hydroxylation sites is 1. The molecule has 0 saturated carbocycles. The largest absolute Gasteiger partial charge is 0.490 e. The monoisotopic (exact) mass is 660 g/mol. The van der Waals surface area contributed by atoms with Crippen LogP contribution in [-0.4, -0.2) is 12.8 Å². The van der Waals surface area contributed by atoms with Crippen LogP contribution in [0, 0.1) is 9.49 Å². The molecule has 4 nitrogen and oxygen atoms in total. The lowest BCUT2D eigenvalue weighted by Crippen LogP contribution is -2.28. The molecular weight excluding hydrogens is 631 g/mol. The average molecular weight is 661 g/mol. The Hall–Kier alpha value is -3.29. The second-order valence-corrected chi connectivity index (χ2v) is 11.7. The Morgan fingerprint density at radius 3 is 2.60 bits per heavy atom. The van der Waals surface area contributed by atoms with Gasteiger partial charge < -0.3 is 14.8 Å². The van der Waals surface area contributed by atoms with Crippen molar-refractivity contribution in [2.24, 2.45) is 10.9 Å². The van der Waals surface area contributed by atoms with E-state index in [2.05, 4.69) is 94.7 Å². The van der Waals surface area contributed by atoms with Crippen LogP contribution >= 0.6 is 34.2 Å². The van der Waals surface area contributed by atoms with Crippen molar-refractivity contribution in [2.45, 2.75) is 31.9 Å². The van der Waals surface area contributed by atoms with E-state index in [1.54, 1.807) is 0 Å². The maximum atomic E-state index is 6.16. The minimum Gasteiger partial charge on any atom is -0.490 e. The zero-order valence-electron chi connectivity index (χ0n) is 22.2. The third kappa shape index (κ3) is 5.77. The first-order valence-corrected chi connectivity index (χ1v) is 15.0. The van der Waals surface area contributed by atoms with Gasteiger partial charge in [-0.1, -0.05) is 66.2 Å². The SMILES string of the molecule is CCOc1cc(C=Nc2ccc([C@@H]3Nc4ccccc4[C@@H]4C=CC[C@H]43)cc2)cc(I)c1OCc1ccc(Cl)cc1. The van der Waals surface area contributed by atoms with Crippen LogP contribution in [0.1, 0.15) is 47.6 Å². The van der Waals surface area contributed by atoms with Crippen LogP contribution in [0.2, 0.25) is 5.02 Å². The topological polar surface area (TPSA) is 42.8 Å². The smallest absolute Gasteiger partial charge is 0.175 e. The molecule has 0 fully saturated rings. The van der Waals surface area contributed by atoms with E-state index in [1.165, 1.54) is 16.8 Å². The van der Waals surface area contributed by atoms with Crippen LogP contribution in [0.4, 0.5) is 11.4 Å². The number of hydrogen-bond donors (Lipinski definition) is 1. The lowest BCUT2D eigenvalue weighted by Gasteiger charge is -2.37. The van der Waals surface area contributed by atoms with Crippen molar-refractivity contribution in [1.82, 2.24) is 0 Å². The number of nitrogens with zero attached hydrogens (tertiary/aromatic N) is 1. The van der Waals surface area contributed by atoms with Gasteiger partial charge in [0, 0.05) is 22.8 Å². The molecule has 0 bridgehead atoms. The van der Waals surface area contributed by atoms with E-state index < -0.39 is 0 Å². The van der Waals surface area contributed by atoms with Crippen molar-refractivity contribution < 1.29 is 9.47 Å². The number of benzene rings is 4. The summed E-state index contributed by atoms with van der Waals surface area (Å²) in [6, 6.07) is 29.3. The molecule has 1 aliphatic heterocycles. The van der Waals surface area contributed by atoms with E-state index in [4.69, 9.17) is 26.1 Å². The summed E-state index contributed by atoms with van der Waals surface area (Å²) in [5.41, 5.74) is 6.86. The van der Waals surface area contributed by atoms with Crippen molar-refractivity contribution in [1.29, 1.82) is 0 Å². The molecule has 4 aromatic carbocycles. The minimum absolute atomic E-state index is 0.281. The van der Waals surface area contributed by atoms with Crippen LogP contribution in [0.5, 0.6) is 11.5 Å². The van der Waals surface area contributed by atoms with Gasteiger partial charge in [-0.3, -0.25) is 4.99 Å². The Morgan fingerprint density at radius 2 is 1.80 bits per heavy atom. The standard InChI is InChI=1S/C34H30ClIN2O2/c1-2-39-32-19-23(18-30(36)34(32)40-21-22-10-14-25(35)15-11-22)20-37-26-16-12-24(13-17-26)33-29-8-5-7-27(29)28-6-3-4-9-31(28)38-33/h3-7,9-20,27,29,33,38H,2,8,21H2,1H3/t27-,29+,33-/m0/s1. The predicted molar refractivity (Wildman–Crippen MR) is 173 cm³/mol. The highest BCUT2D eigenvalue weighted by molar-refractivity contribution is 14.1. The molecule has 202 valence electrons. The first kappa shape index (κ1) is 26.9. The predicted octanol–water partition coefficient (Wildman–Crippen LogP) is 9.50. The van der Waals surface area contributed by atoms with Gasteiger partial charge in [-0.2, -0.15) is 0 Å². The fourth-order valence-electron chi connectivity index (χ4n) is 5.59. The fourth-order valence-corrected chi connectivity index (χ4v) is 6.50. The quantitative estimate of drug-likeness (QED) is 0.116. The van der Waals surface area contributed by atoms with Crippen LogP contribution < -0.4 is 14.8 Å². The van der Waals surface area contributed by atoms with Crippen LogP contribution in [-0.2, 0) is 6.61 Å². The number of allylic oxidation sites excluding steroid dienone is 2. The summed E-state index contributed by atoms with van der Waals surface area (Å²) in [6.45, 7) is 2.96. The lowest BCUT2D eigenvalue weighted by atomic mass is 9.77. The number of aliphatic imine (C=N–C) groups is 1. The Bertz CT molecular complexity index is 1550. The van der Waals surface area contributed by atoms with Gasteiger partial charge in [-0.05, 0) is 107 Å². The third-order valence-corrected chi connectivity index (χ3v) is 8.57. The summed E-state index contributed by atoms with van der Waals surface area (Å²) in [6.07, 6.45) is 7.68. The van der Waals surface area contributed by atoms with Gasteiger partial charge in [0.05, 0.1) is 21.9 Å². The van der Waals surface area contributed by atoms with Gasteiger partial charge in [0.15, 0.2) is 11.5 Å². The first-order chi connectivity index (χ1) is 19.6. The number of ether oxygens (including phenoxy) is 2. The normalized spacial score (nSPS) is 19.2. The van der Waals surface area contributed by atoms with Gasteiger partial charge in [0.25, 0.3) is 0 Å². The number of hydrogen-bond acceptors (Lipinski definition) is 4. The molecule has 1 heterocycles. The van der Waals surface area contributed by atoms with E-state index in [0.717, 1.165) is 32.6 Å². The van der Waals surface area contributed by atoms with Crippen LogP contribution in [0.25, 0.3) is 0 Å². The summed E-state index contributed by atoms with van der Waals surface area (Å²) in [5, 5.41) is 4.51. The minimum atomic E-state index is 0.281. The molecule has 0 saturated heterocycles. The molecule has 0 spiro atoms. The molecule has 40 heavy (non-hydrogen) atoms. The van der Waals surface area contributed by atoms with E-state index >= 15 is 0 Å². The van der Waals surface area contributed by atoms with Crippen molar-refractivity contribution in [3.8, 4) is 11.5 Å². The lowest BCUT2D eigenvalue weighted by molar-refractivity contribution is 0.267. The molecule has 0 amide bonds. The number of nitrogens with one attached hydrogen (secondary N) is 1. The molecule has 0 aromatic heterocycles. The maximum absolute atomic E-state index is 6.16. The molecule has 2 aliphatic rings. The molecule has 1 N–H and O–H groups in total. The van der Waals surface area contributed by atoms with Gasteiger partial charge >= 0.3 is 0 Å². The highest BCUT2D eigenvalue weighted by Gasteiger charge is 2.37. The van der Waals surface area contributed by atoms with Crippen molar-refractivity contribution in [3.05, 3.63) is 128 Å². The molecule has 6 heteroatoms. The third-order valence-electron chi connectivity index (χ3n) is 7.52. The first-order valence-electron chi connectivity index (χ1n) is 13.6. The van der Waals surface area contributed by atoms with Crippen LogP contribution in [0.3, 0.4) is 0 Å². The second-order valence-electron chi connectivity index (χ2n) is 10.1. The fraction of sp³-hybridized carbons (Fsp3) is 0.206. The Morgan fingerprint density at radius 1 is 1.00 bits per heavy atom. The molecule has 0 radical (unpaired) electrons. The molecule has 6 rings (SSSR count). The molecular formula is C34H30ClIN2O2. The maximum Gasteiger partial charge on any atom is 0.175 e. The summed E-state index contributed by atoms with van der Waals surface area (Å²) in [5.74, 6) is 2.45. The zero-order chi connectivity index (χ0) is 27.5. The van der Waals surface area contributed by atoms with Gasteiger partial charge in [0.1, 0.15) is 6.61 Å². The van der Waals surface area contributed by atoms with Gasteiger partial charge in [-0.15, -0.1) is 0 Å². The number of halogens is 2. The van der Waals surface area contributed by atoms with E-state index in [9.17, 15) is 0 Å². The Labute approximate surface area is 254 Å². The number of rotatable bonds is 8. The molecule has 1 aliphatic carbocycles. The van der Waals surface area contributed by atoms with Gasteiger partial charge in [0.2, 0.25) is 0 Å². The molecule has 3 atom stereocenters. The highest BCUT2D eigenvalue weighted by atomic mass is 127. The summed E-state index contributed by atoms with van der Waals surface area (Å²) in [4.78, 5) is 4.77. The zero-order valence-corrected chi connectivity index (χ0v) is 25.1. The summed E-state index contributed by atoms with van der Waals surface area (Å²) < 4.78 is 13.1. The Balaban J connectivity index is 1.17. The molecule has 4 aromatic rings. The summed E-state index contributed by atoms with van der Waals surface area (Å²) in [7, 11) is 0. The summed E-state index contributed by atoms with van der Waals surface area (Å²) >= 11 is 8.31. The highest BCUT2D eigenvalue weighted by Crippen LogP contribution is 2.49. The van der Waals surface area contributed by atoms with E-state index in [0.29, 0.717) is 35.8 Å².